The van der Waals surface area contributed by atoms with Gasteiger partial charge in [0.05, 0.1) is 5.39 Å². The fourth-order valence-corrected chi connectivity index (χ4v) is 4.96. The van der Waals surface area contributed by atoms with E-state index in [-0.39, 0.29) is 12.0 Å². The Hall–Kier alpha value is -1.69. The maximum Gasteiger partial charge on any atom is 0.225 e. The van der Waals surface area contributed by atoms with E-state index in [0.717, 1.165) is 54.2 Å². The van der Waals surface area contributed by atoms with Crippen molar-refractivity contribution in [2.45, 2.75) is 52.0 Å². The van der Waals surface area contributed by atoms with Gasteiger partial charge >= 0.3 is 0 Å². The summed E-state index contributed by atoms with van der Waals surface area (Å²) >= 11 is 1.67. The first kappa shape index (κ1) is 15.8. The van der Waals surface area contributed by atoms with Crippen LogP contribution in [0, 0.1) is 19.8 Å². The third kappa shape index (κ3) is 2.88. The summed E-state index contributed by atoms with van der Waals surface area (Å²) in [4.78, 5) is 24.9. The van der Waals surface area contributed by atoms with Crippen LogP contribution in [0.1, 0.15) is 43.5 Å². The lowest BCUT2D eigenvalue weighted by Crippen LogP contribution is -2.35. The van der Waals surface area contributed by atoms with Gasteiger partial charge in [0.1, 0.15) is 16.5 Å². The molecule has 2 fully saturated rings. The summed E-state index contributed by atoms with van der Waals surface area (Å²) in [5.74, 6) is 2.36. The van der Waals surface area contributed by atoms with Gasteiger partial charge in [-0.2, -0.15) is 0 Å². The Morgan fingerprint density at radius 3 is 2.83 bits per heavy atom. The number of hydrogen-bond donors (Lipinski definition) is 1. The lowest BCUT2D eigenvalue weighted by atomic mass is 10.1. The summed E-state index contributed by atoms with van der Waals surface area (Å²) in [5.41, 5.74) is 1.22. The molecule has 1 aliphatic carbocycles. The van der Waals surface area contributed by atoms with Gasteiger partial charge in [0.2, 0.25) is 5.91 Å². The Balaban J connectivity index is 1.49. The summed E-state index contributed by atoms with van der Waals surface area (Å²) in [6.07, 6.45) is 5.57. The van der Waals surface area contributed by atoms with Gasteiger partial charge in [-0.15, -0.1) is 11.3 Å². The van der Waals surface area contributed by atoms with Crippen LogP contribution in [0.2, 0.25) is 0 Å². The van der Waals surface area contributed by atoms with Gasteiger partial charge < -0.3 is 10.2 Å². The van der Waals surface area contributed by atoms with E-state index in [2.05, 4.69) is 32.5 Å². The molecule has 2 aromatic rings. The Labute approximate surface area is 146 Å². The molecule has 1 aliphatic heterocycles. The molecule has 4 rings (SSSR count). The van der Waals surface area contributed by atoms with Gasteiger partial charge in [0.15, 0.2) is 0 Å². The molecular formula is C18H24N4OS. The number of aryl methyl sites for hydroxylation is 2. The summed E-state index contributed by atoms with van der Waals surface area (Å²) in [7, 11) is 0. The van der Waals surface area contributed by atoms with Crippen molar-refractivity contribution in [3.8, 4) is 0 Å². The maximum atomic E-state index is 12.6. The van der Waals surface area contributed by atoms with Crippen molar-refractivity contribution in [2.24, 2.45) is 5.92 Å². The van der Waals surface area contributed by atoms with Gasteiger partial charge in [0, 0.05) is 25.0 Å². The molecule has 6 heteroatoms. The van der Waals surface area contributed by atoms with Gasteiger partial charge in [0.25, 0.3) is 0 Å². The number of rotatable bonds is 3. The molecule has 1 saturated carbocycles. The molecule has 1 saturated heterocycles. The first-order chi connectivity index (χ1) is 11.6. The number of amides is 1. The van der Waals surface area contributed by atoms with Gasteiger partial charge in [-0.25, -0.2) is 9.97 Å². The zero-order valence-corrected chi connectivity index (χ0v) is 15.2. The first-order valence-electron chi connectivity index (χ1n) is 8.89. The average Bonchev–Trinajstić information content (AvgIpc) is 3.28. The number of hydrogen-bond acceptors (Lipinski definition) is 5. The summed E-state index contributed by atoms with van der Waals surface area (Å²) in [5, 5.41) is 6.85. The largest absolute Gasteiger partial charge is 0.365 e. The molecule has 24 heavy (non-hydrogen) atoms. The molecule has 2 aliphatic rings. The zero-order chi connectivity index (χ0) is 16.7. The van der Waals surface area contributed by atoms with Gasteiger partial charge in [-0.05, 0) is 44.1 Å². The topological polar surface area (TPSA) is 58.1 Å². The Bertz CT molecular complexity index is 766. The third-order valence-corrected chi connectivity index (χ3v) is 6.26. The van der Waals surface area contributed by atoms with Crippen LogP contribution in [0.4, 0.5) is 5.82 Å². The first-order valence-corrected chi connectivity index (χ1v) is 9.77. The predicted octanol–water partition coefficient (Wildman–Crippen LogP) is 3.51. The normalized spacial score (nSPS) is 21.8. The summed E-state index contributed by atoms with van der Waals surface area (Å²) in [6.45, 7) is 5.70. The van der Waals surface area contributed by atoms with E-state index in [4.69, 9.17) is 0 Å². The number of carbonyl (C=O) groups is 1. The van der Waals surface area contributed by atoms with Crippen LogP contribution in [-0.4, -0.2) is 39.9 Å². The number of carbonyl (C=O) groups excluding carboxylic acids is 1. The zero-order valence-electron chi connectivity index (χ0n) is 14.3. The summed E-state index contributed by atoms with van der Waals surface area (Å²) < 4.78 is 0. The van der Waals surface area contributed by atoms with E-state index in [1.165, 1.54) is 18.4 Å². The Morgan fingerprint density at radius 2 is 2.04 bits per heavy atom. The van der Waals surface area contributed by atoms with E-state index in [0.29, 0.717) is 5.91 Å². The van der Waals surface area contributed by atoms with Crippen LogP contribution in [0.25, 0.3) is 10.2 Å². The number of fused-ring (bicyclic) bond motifs is 1. The predicted molar refractivity (Wildman–Crippen MR) is 97.5 cm³/mol. The van der Waals surface area contributed by atoms with Crippen LogP contribution in [-0.2, 0) is 4.79 Å². The molecule has 1 N–H and O–H groups in total. The molecule has 2 aromatic heterocycles. The molecule has 0 spiro atoms. The fraction of sp³-hybridized carbons (Fsp3) is 0.611. The van der Waals surface area contributed by atoms with Crippen LogP contribution >= 0.6 is 11.3 Å². The molecule has 3 heterocycles. The lowest BCUT2D eigenvalue weighted by Gasteiger charge is -2.21. The van der Waals surface area contributed by atoms with Crippen molar-refractivity contribution >= 4 is 33.3 Å². The van der Waals surface area contributed by atoms with E-state index >= 15 is 0 Å². The van der Waals surface area contributed by atoms with Crippen molar-refractivity contribution in [3.05, 3.63) is 16.8 Å². The number of thiophene rings is 1. The monoisotopic (exact) mass is 344 g/mol. The summed E-state index contributed by atoms with van der Waals surface area (Å²) in [6, 6.07) is 0.284. The Morgan fingerprint density at radius 1 is 1.25 bits per heavy atom. The number of aromatic nitrogens is 2. The van der Waals surface area contributed by atoms with Gasteiger partial charge in [-0.1, -0.05) is 12.8 Å². The SMILES string of the molecule is Cc1nc(NC2CCN(C(=O)C3CCCC3)C2)c2c(C)csc2n1. The quantitative estimate of drug-likeness (QED) is 0.926. The highest BCUT2D eigenvalue weighted by atomic mass is 32.1. The molecule has 0 aromatic carbocycles. The second-order valence-corrected chi connectivity index (χ2v) is 7.97. The number of likely N-dealkylation sites (tertiary alicyclic amines) is 1. The van der Waals surface area contributed by atoms with Crippen molar-refractivity contribution in [1.29, 1.82) is 0 Å². The van der Waals surface area contributed by atoms with E-state index in [9.17, 15) is 4.79 Å². The highest BCUT2D eigenvalue weighted by Crippen LogP contribution is 2.31. The number of nitrogens with one attached hydrogen (secondary N) is 1. The van der Waals surface area contributed by atoms with Crippen LogP contribution in [0.5, 0.6) is 0 Å². The molecule has 0 radical (unpaired) electrons. The lowest BCUT2D eigenvalue weighted by molar-refractivity contribution is -0.134. The van der Waals surface area contributed by atoms with Crippen LogP contribution in [0.3, 0.4) is 0 Å². The van der Waals surface area contributed by atoms with E-state index in [1.54, 1.807) is 11.3 Å². The van der Waals surface area contributed by atoms with Crippen molar-refractivity contribution in [2.75, 3.05) is 18.4 Å². The average molecular weight is 344 g/mol. The Kier molecular flexibility index (Phi) is 4.16. The van der Waals surface area contributed by atoms with Crippen molar-refractivity contribution < 1.29 is 4.79 Å². The fourth-order valence-electron chi connectivity index (χ4n) is 4.00. The minimum absolute atomic E-state index is 0.274. The maximum absolute atomic E-state index is 12.6. The minimum atomic E-state index is 0.274. The second kappa shape index (κ2) is 6.31. The van der Waals surface area contributed by atoms with Gasteiger partial charge in [-0.3, -0.25) is 4.79 Å². The van der Waals surface area contributed by atoms with Crippen LogP contribution < -0.4 is 5.32 Å². The molecule has 1 atom stereocenters. The second-order valence-electron chi connectivity index (χ2n) is 7.11. The third-order valence-electron chi connectivity index (χ3n) is 5.27. The van der Waals surface area contributed by atoms with E-state index in [1.807, 2.05) is 6.92 Å². The molecule has 0 bridgehead atoms. The van der Waals surface area contributed by atoms with Crippen LogP contribution in [0.15, 0.2) is 5.38 Å². The standard InChI is InChI=1S/C18H24N4OS/c1-11-10-24-17-15(11)16(19-12(2)20-17)21-14-7-8-22(9-14)18(23)13-5-3-4-6-13/h10,13-14H,3-9H2,1-2H3,(H,19,20,21). The van der Waals surface area contributed by atoms with E-state index < -0.39 is 0 Å². The van der Waals surface area contributed by atoms with Crippen molar-refractivity contribution in [1.82, 2.24) is 14.9 Å². The smallest absolute Gasteiger partial charge is 0.225 e. The minimum Gasteiger partial charge on any atom is -0.365 e. The molecular weight excluding hydrogens is 320 g/mol. The molecule has 128 valence electrons. The molecule has 1 unspecified atom stereocenters. The number of anilines is 1. The molecule has 5 nitrogen and oxygen atoms in total. The highest BCUT2D eigenvalue weighted by Gasteiger charge is 2.32. The highest BCUT2D eigenvalue weighted by molar-refractivity contribution is 7.17. The molecule has 1 amide bonds. The number of nitrogens with zero attached hydrogens (tertiary/aromatic N) is 3. The van der Waals surface area contributed by atoms with Crippen molar-refractivity contribution in [3.63, 3.8) is 0 Å².